The van der Waals surface area contributed by atoms with Gasteiger partial charge in [0, 0.05) is 6.04 Å². The molecule has 1 fully saturated rings. The maximum atomic E-state index is 13.8. The highest BCUT2D eigenvalue weighted by Crippen LogP contribution is 2.35. The molecular weight excluding hydrogens is 293 g/mol. The summed E-state index contributed by atoms with van der Waals surface area (Å²) >= 11 is 0. The summed E-state index contributed by atoms with van der Waals surface area (Å²) in [5.41, 5.74) is 0.470. The number of sulfonamides is 1. The van der Waals surface area contributed by atoms with Crippen LogP contribution < -0.4 is 4.72 Å². The standard InChI is InChI=1S/C15H22FNO3S/c1-15(2)7-3-4-12(9-15)17-21(19,20)14-8-11(10-18)5-6-13(14)16/h5-6,8,12,17-18H,3-4,7,9-10H2,1-2H3. The third-order valence-electron chi connectivity index (χ3n) is 3.99. The molecule has 1 aliphatic rings. The zero-order valence-corrected chi connectivity index (χ0v) is 13.2. The Hall–Kier alpha value is -0.980. The van der Waals surface area contributed by atoms with Gasteiger partial charge in [0.2, 0.25) is 10.0 Å². The summed E-state index contributed by atoms with van der Waals surface area (Å²) in [5.74, 6) is -0.797. The van der Waals surface area contributed by atoms with E-state index in [9.17, 15) is 12.8 Å². The Morgan fingerprint density at radius 2 is 2.14 bits per heavy atom. The lowest BCUT2D eigenvalue weighted by atomic mass is 9.75. The number of rotatable bonds is 4. The molecule has 4 nitrogen and oxygen atoms in total. The first kappa shape index (κ1) is 16.4. The summed E-state index contributed by atoms with van der Waals surface area (Å²) in [7, 11) is -3.91. The molecule has 1 saturated carbocycles. The topological polar surface area (TPSA) is 66.4 Å². The largest absolute Gasteiger partial charge is 0.392 e. The molecule has 6 heteroatoms. The van der Waals surface area contributed by atoms with Crippen LogP contribution in [-0.2, 0) is 16.6 Å². The van der Waals surface area contributed by atoms with E-state index in [1.54, 1.807) is 0 Å². The minimum Gasteiger partial charge on any atom is -0.392 e. The van der Waals surface area contributed by atoms with Gasteiger partial charge in [-0.3, -0.25) is 0 Å². The number of hydrogen-bond donors (Lipinski definition) is 2. The molecule has 1 aromatic carbocycles. The molecule has 21 heavy (non-hydrogen) atoms. The van der Waals surface area contributed by atoms with Crippen LogP contribution >= 0.6 is 0 Å². The lowest BCUT2D eigenvalue weighted by molar-refractivity contribution is 0.212. The normalized spacial score (nSPS) is 22.2. The van der Waals surface area contributed by atoms with Gasteiger partial charge in [-0.05, 0) is 42.4 Å². The minimum atomic E-state index is -3.91. The number of benzene rings is 1. The third-order valence-corrected chi connectivity index (χ3v) is 5.53. The van der Waals surface area contributed by atoms with Crippen molar-refractivity contribution in [3.63, 3.8) is 0 Å². The fraction of sp³-hybridized carbons (Fsp3) is 0.600. The van der Waals surface area contributed by atoms with Crippen molar-refractivity contribution in [2.75, 3.05) is 0 Å². The first-order chi connectivity index (χ1) is 9.73. The van der Waals surface area contributed by atoms with Crippen LogP contribution in [0.2, 0.25) is 0 Å². The molecule has 1 aromatic rings. The summed E-state index contributed by atoms with van der Waals surface area (Å²) in [6.07, 6.45) is 3.54. The van der Waals surface area contributed by atoms with E-state index in [0.29, 0.717) is 5.56 Å². The van der Waals surface area contributed by atoms with Gasteiger partial charge in [0.05, 0.1) is 6.61 Å². The van der Waals surface area contributed by atoms with Crippen LogP contribution in [0.4, 0.5) is 4.39 Å². The van der Waals surface area contributed by atoms with Gasteiger partial charge in [-0.1, -0.05) is 26.3 Å². The van der Waals surface area contributed by atoms with E-state index in [-0.39, 0.29) is 18.1 Å². The molecule has 0 aliphatic heterocycles. The van der Waals surface area contributed by atoms with Crippen LogP contribution in [0.3, 0.4) is 0 Å². The molecule has 2 N–H and O–H groups in total. The predicted molar refractivity (Wildman–Crippen MR) is 78.7 cm³/mol. The van der Waals surface area contributed by atoms with Crippen molar-refractivity contribution < 1.29 is 17.9 Å². The molecule has 118 valence electrons. The molecular formula is C15H22FNO3S. The van der Waals surface area contributed by atoms with Crippen molar-refractivity contribution >= 4 is 10.0 Å². The highest BCUT2D eigenvalue weighted by atomic mass is 32.2. The van der Waals surface area contributed by atoms with Crippen molar-refractivity contribution in [1.29, 1.82) is 0 Å². The highest BCUT2D eigenvalue weighted by molar-refractivity contribution is 7.89. The summed E-state index contributed by atoms with van der Waals surface area (Å²) in [4.78, 5) is -0.391. The monoisotopic (exact) mass is 315 g/mol. The number of aliphatic hydroxyl groups excluding tert-OH is 1. The Kier molecular flexibility index (Phi) is 4.70. The van der Waals surface area contributed by atoms with Gasteiger partial charge < -0.3 is 5.11 Å². The van der Waals surface area contributed by atoms with Crippen LogP contribution in [0.1, 0.15) is 45.1 Å². The Morgan fingerprint density at radius 1 is 1.43 bits per heavy atom. The first-order valence-corrected chi connectivity index (χ1v) is 8.63. The minimum absolute atomic E-state index is 0.0942. The van der Waals surface area contributed by atoms with E-state index in [4.69, 9.17) is 5.11 Å². The van der Waals surface area contributed by atoms with E-state index in [1.165, 1.54) is 12.1 Å². The number of nitrogens with one attached hydrogen (secondary N) is 1. The molecule has 0 saturated heterocycles. The van der Waals surface area contributed by atoms with Gasteiger partial charge in [0.25, 0.3) is 0 Å². The lowest BCUT2D eigenvalue weighted by Crippen LogP contribution is -2.40. The van der Waals surface area contributed by atoms with Crippen LogP contribution in [0.15, 0.2) is 23.1 Å². The summed E-state index contributed by atoms with van der Waals surface area (Å²) in [5, 5.41) is 9.07. The third kappa shape index (κ3) is 4.02. The van der Waals surface area contributed by atoms with E-state index in [0.717, 1.165) is 31.7 Å². The van der Waals surface area contributed by atoms with Gasteiger partial charge >= 0.3 is 0 Å². The molecule has 0 heterocycles. The predicted octanol–water partition coefficient (Wildman–Crippen LogP) is 2.57. The molecule has 0 bridgehead atoms. The van der Waals surface area contributed by atoms with E-state index in [1.807, 2.05) is 0 Å². The van der Waals surface area contributed by atoms with Gasteiger partial charge in [-0.2, -0.15) is 0 Å². The van der Waals surface area contributed by atoms with Crippen molar-refractivity contribution in [2.45, 2.75) is 57.1 Å². The fourth-order valence-corrected chi connectivity index (χ4v) is 4.33. The zero-order chi connectivity index (χ0) is 15.7. The Balaban J connectivity index is 2.22. The second-order valence-corrected chi connectivity index (χ2v) is 8.18. The Labute approximate surface area is 125 Å². The molecule has 0 aromatic heterocycles. The van der Waals surface area contributed by atoms with E-state index in [2.05, 4.69) is 18.6 Å². The molecule has 0 spiro atoms. The summed E-state index contributed by atoms with van der Waals surface area (Å²) in [6, 6.07) is 3.46. The molecule has 1 aliphatic carbocycles. The second-order valence-electron chi connectivity index (χ2n) is 6.50. The Morgan fingerprint density at radius 3 is 2.76 bits per heavy atom. The van der Waals surface area contributed by atoms with Crippen LogP contribution in [0.5, 0.6) is 0 Å². The lowest BCUT2D eigenvalue weighted by Gasteiger charge is -2.35. The fourth-order valence-electron chi connectivity index (χ4n) is 2.93. The first-order valence-electron chi connectivity index (χ1n) is 7.15. The quantitative estimate of drug-likeness (QED) is 0.897. The SMILES string of the molecule is CC1(C)CCCC(NS(=O)(=O)c2cc(CO)ccc2F)C1. The van der Waals surface area contributed by atoms with Crippen LogP contribution in [0.25, 0.3) is 0 Å². The van der Waals surface area contributed by atoms with Crippen molar-refractivity contribution in [3.05, 3.63) is 29.6 Å². The highest BCUT2D eigenvalue weighted by Gasteiger charge is 2.31. The Bertz CT molecular complexity index is 613. The summed E-state index contributed by atoms with van der Waals surface area (Å²) < 4.78 is 41.2. The summed E-state index contributed by atoms with van der Waals surface area (Å²) in [6.45, 7) is 3.90. The number of aliphatic hydroxyl groups is 1. The van der Waals surface area contributed by atoms with Gasteiger partial charge in [0.15, 0.2) is 0 Å². The van der Waals surface area contributed by atoms with Gasteiger partial charge in [0.1, 0.15) is 10.7 Å². The second kappa shape index (κ2) is 6.02. The van der Waals surface area contributed by atoms with Crippen molar-refractivity contribution in [3.8, 4) is 0 Å². The maximum Gasteiger partial charge on any atom is 0.243 e. The molecule has 1 unspecified atom stereocenters. The van der Waals surface area contributed by atoms with Crippen LogP contribution in [0, 0.1) is 11.2 Å². The molecule has 0 radical (unpaired) electrons. The van der Waals surface area contributed by atoms with E-state index < -0.39 is 20.7 Å². The smallest absolute Gasteiger partial charge is 0.243 e. The molecule has 0 amide bonds. The average Bonchev–Trinajstić information content (AvgIpc) is 2.37. The van der Waals surface area contributed by atoms with E-state index >= 15 is 0 Å². The van der Waals surface area contributed by atoms with Gasteiger partial charge in [-0.15, -0.1) is 0 Å². The van der Waals surface area contributed by atoms with Crippen molar-refractivity contribution in [1.82, 2.24) is 4.72 Å². The van der Waals surface area contributed by atoms with Crippen molar-refractivity contribution in [2.24, 2.45) is 5.41 Å². The van der Waals surface area contributed by atoms with Crippen LogP contribution in [-0.4, -0.2) is 19.6 Å². The molecule has 2 rings (SSSR count). The zero-order valence-electron chi connectivity index (χ0n) is 12.4. The number of halogens is 1. The maximum absolute atomic E-state index is 13.8. The van der Waals surface area contributed by atoms with Gasteiger partial charge in [-0.25, -0.2) is 17.5 Å². The molecule has 1 atom stereocenters. The number of hydrogen-bond acceptors (Lipinski definition) is 3. The average molecular weight is 315 g/mol.